The van der Waals surface area contributed by atoms with Gasteiger partial charge in [-0.25, -0.2) is 0 Å². The third-order valence-corrected chi connectivity index (χ3v) is 8.15. The van der Waals surface area contributed by atoms with E-state index in [0.29, 0.717) is 0 Å². The van der Waals surface area contributed by atoms with Crippen LogP contribution in [0.4, 0.5) is 0 Å². The molecule has 0 aromatic carbocycles. The first kappa shape index (κ1) is 11.2. The maximum Gasteiger partial charge on any atom is 0.00841 e. The Hall–Kier alpha value is 0.350. The topological polar surface area (TPSA) is 0 Å². The average molecular weight is 250 g/mol. The highest BCUT2D eigenvalue weighted by Crippen LogP contribution is 2.59. The van der Waals surface area contributed by atoms with Crippen LogP contribution in [0.15, 0.2) is 0 Å². The standard InChI is InChI=1S/C16H26S/c1-2-6-12-11(5-1)9-10-15-16(12)13-7-3-4-8-14(13)17-15/h11-16H,1-10H2. The molecule has 4 fully saturated rings. The molecular weight excluding hydrogens is 224 g/mol. The van der Waals surface area contributed by atoms with Gasteiger partial charge in [0.2, 0.25) is 0 Å². The third kappa shape index (κ3) is 1.79. The minimum atomic E-state index is 1.08. The maximum atomic E-state index is 2.43. The lowest BCUT2D eigenvalue weighted by atomic mass is 9.60. The lowest BCUT2D eigenvalue weighted by Crippen LogP contribution is -2.40. The summed E-state index contributed by atoms with van der Waals surface area (Å²) in [5, 5.41) is 2.17. The summed E-state index contributed by atoms with van der Waals surface area (Å²) in [5.74, 6) is 4.60. The van der Waals surface area contributed by atoms with E-state index < -0.39 is 0 Å². The molecule has 17 heavy (non-hydrogen) atoms. The highest BCUT2D eigenvalue weighted by molar-refractivity contribution is 8.00. The van der Waals surface area contributed by atoms with E-state index in [-0.39, 0.29) is 0 Å². The van der Waals surface area contributed by atoms with E-state index in [4.69, 9.17) is 0 Å². The normalized spacial score (nSPS) is 53.6. The first-order valence-corrected chi connectivity index (χ1v) is 9.03. The first-order chi connectivity index (χ1) is 8.43. The van der Waals surface area contributed by atoms with Gasteiger partial charge in [-0.2, -0.15) is 11.8 Å². The fourth-order valence-corrected chi connectivity index (χ4v) is 7.79. The van der Waals surface area contributed by atoms with Crippen LogP contribution in [0.25, 0.3) is 0 Å². The smallest absolute Gasteiger partial charge is 0.00841 e. The summed E-state index contributed by atoms with van der Waals surface area (Å²) in [6, 6.07) is 0. The van der Waals surface area contributed by atoms with Crippen molar-refractivity contribution in [2.75, 3.05) is 0 Å². The van der Waals surface area contributed by atoms with E-state index in [2.05, 4.69) is 11.8 Å². The largest absolute Gasteiger partial charge is 0.155 e. The van der Waals surface area contributed by atoms with Crippen molar-refractivity contribution >= 4 is 11.8 Å². The van der Waals surface area contributed by atoms with Crippen LogP contribution in [0, 0.1) is 23.7 Å². The van der Waals surface area contributed by atoms with Crippen molar-refractivity contribution < 1.29 is 0 Å². The molecule has 0 amide bonds. The minimum absolute atomic E-state index is 1.08. The second kappa shape index (κ2) is 4.47. The van der Waals surface area contributed by atoms with E-state index in [1.807, 2.05) is 0 Å². The fourth-order valence-electron chi connectivity index (χ4n) is 5.66. The second-order valence-corrected chi connectivity index (χ2v) is 8.51. The van der Waals surface area contributed by atoms with Crippen molar-refractivity contribution in [3.05, 3.63) is 0 Å². The van der Waals surface area contributed by atoms with Gasteiger partial charge in [0.1, 0.15) is 0 Å². The SMILES string of the molecule is C1CCC2C(C1)CCC1SC3CCCCC3C12. The van der Waals surface area contributed by atoms with Crippen LogP contribution in [-0.4, -0.2) is 10.5 Å². The van der Waals surface area contributed by atoms with Gasteiger partial charge in [-0.3, -0.25) is 0 Å². The number of thioether (sulfide) groups is 1. The van der Waals surface area contributed by atoms with Gasteiger partial charge in [0, 0.05) is 10.5 Å². The predicted octanol–water partition coefficient (Wildman–Crippen LogP) is 4.88. The quantitative estimate of drug-likeness (QED) is 0.590. The zero-order chi connectivity index (χ0) is 11.2. The van der Waals surface area contributed by atoms with E-state index >= 15 is 0 Å². The molecule has 0 radical (unpaired) electrons. The lowest BCUT2D eigenvalue weighted by molar-refractivity contribution is 0.0684. The van der Waals surface area contributed by atoms with Crippen LogP contribution in [0.2, 0.25) is 0 Å². The van der Waals surface area contributed by atoms with Gasteiger partial charge in [-0.15, -0.1) is 0 Å². The number of hydrogen-bond donors (Lipinski definition) is 0. The molecule has 96 valence electrons. The molecule has 0 aromatic rings. The summed E-state index contributed by atoms with van der Waals surface area (Å²) < 4.78 is 0. The molecular formula is C16H26S. The molecule has 0 nitrogen and oxygen atoms in total. The van der Waals surface area contributed by atoms with Gasteiger partial charge in [-0.05, 0) is 55.8 Å². The number of fused-ring (bicyclic) bond motifs is 5. The zero-order valence-corrected chi connectivity index (χ0v) is 11.8. The van der Waals surface area contributed by atoms with Crippen LogP contribution in [0.1, 0.15) is 64.2 Å². The van der Waals surface area contributed by atoms with Crippen molar-refractivity contribution in [3.8, 4) is 0 Å². The Morgan fingerprint density at radius 2 is 1.35 bits per heavy atom. The highest BCUT2D eigenvalue weighted by atomic mass is 32.2. The number of rotatable bonds is 0. The Morgan fingerprint density at radius 3 is 2.29 bits per heavy atom. The van der Waals surface area contributed by atoms with Crippen LogP contribution < -0.4 is 0 Å². The van der Waals surface area contributed by atoms with Gasteiger partial charge in [0.25, 0.3) is 0 Å². The number of hydrogen-bond acceptors (Lipinski definition) is 1. The predicted molar refractivity (Wildman–Crippen MR) is 75.3 cm³/mol. The van der Waals surface area contributed by atoms with E-state index in [9.17, 15) is 0 Å². The average Bonchev–Trinajstić information content (AvgIpc) is 2.77. The first-order valence-electron chi connectivity index (χ1n) is 8.09. The molecule has 1 aliphatic heterocycles. The van der Waals surface area contributed by atoms with Crippen LogP contribution in [-0.2, 0) is 0 Å². The van der Waals surface area contributed by atoms with E-state index in [0.717, 1.165) is 34.2 Å². The molecule has 3 aliphatic carbocycles. The summed E-state index contributed by atoms with van der Waals surface area (Å²) in [4.78, 5) is 0. The Bertz CT molecular complexity index is 285. The molecule has 4 rings (SSSR count). The minimum Gasteiger partial charge on any atom is -0.155 e. The van der Waals surface area contributed by atoms with Gasteiger partial charge in [0.05, 0.1) is 0 Å². The fraction of sp³-hybridized carbons (Fsp3) is 1.00. The lowest BCUT2D eigenvalue weighted by Gasteiger charge is -2.45. The summed E-state index contributed by atoms with van der Waals surface area (Å²) in [6.45, 7) is 0. The Kier molecular flexibility index (Phi) is 2.95. The summed E-state index contributed by atoms with van der Waals surface area (Å²) in [7, 11) is 0. The Balaban J connectivity index is 1.59. The van der Waals surface area contributed by atoms with E-state index in [1.165, 1.54) is 6.42 Å². The second-order valence-electron chi connectivity index (χ2n) is 7.02. The molecule has 1 heteroatoms. The summed E-state index contributed by atoms with van der Waals surface area (Å²) in [6.07, 6.45) is 15.6. The Labute approximate surface area is 110 Å². The van der Waals surface area contributed by atoms with Gasteiger partial charge in [0.15, 0.2) is 0 Å². The van der Waals surface area contributed by atoms with Gasteiger partial charge < -0.3 is 0 Å². The highest BCUT2D eigenvalue weighted by Gasteiger charge is 2.51. The molecule has 4 aliphatic rings. The molecule has 0 bridgehead atoms. The zero-order valence-electron chi connectivity index (χ0n) is 10.9. The van der Waals surface area contributed by atoms with Crippen molar-refractivity contribution in [2.24, 2.45) is 23.7 Å². The molecule has 0 spiro atoms. The van der Waals surface area contributed by atoms with Gasteiger partial charge >= 0.3 is 0 Å². The molecule has 6 atom stereocenters. The monoisotopic (exact) mass is 250 g/mol. The molecule has 3 saturated carbocycles. The maximum absolute atomic E-state index is 2.43. The summed E-state index contributed by atoms with van der Waals surface area (Å²) >= 11 is 2.43. The van der Waals surface area contributed by atoms with Crippen molar-refractivity contribution in [1.82, 2.24) is 0 Å². The van der Waals surface area contributed by atoms with Crippen LogP contribution in [0.3, 0.4) is 0 Å². The van der Waals surface area contributed by atoms with Crippen molar-refractivity contribution in [1.29, 1.82) is 0 Å². The third-order valence-electron chi connectivity index (χ3n) is 6.31. The van der Waals surface area contributed by atoms with Crippen molar-refractivity contribution in [2.45, 2.75) is 74.7 Å². The molecule has 1 heterocycles. The molecule has 0 aromatic heterocycles. The molecule has 1 saturated heterocycles. The van der Waals surface area contributed by atoms with Crippen molar-refractivity contribution in [3.63, 3.8) is 0 Å². The van der Waals surface area contributed by atoms with Crippen LogP contribution in [0.5, 0.6) is 0 Å². The molecule has 6 unspecified atom stereocenters. The van der Waals surface area contributed by atoms with Gasteiger partial charge in [-0.1, -0.05) is 32.1 Å². The molecule has 0 N–H and O–H groups in total. The Morgan fingerprint density at radius 1 is 0.588 bits per heavy atom. The van der Waals surface area contributed by atoms with E-state index in [1.54, 1.807) is 57.8 Å². The summed E-state index contributed by atoms with van der Waals surface area (Å²) in [5.41, 5.74) is 0. The van der Waals surface area contributed by atoms with Crippen LogP contribution >= 0.6 is 11.8 Å².